The van der Waals surface area contributed by atoms with E-state index in [4.69, 9.17) is 5.73 Å². The van der Waals surface area contributed by atoms with Crippen molar-refractivity contribution in [1.82, 2.24) is 0 Å². The molecule has 0 radical (unpaired) electrons. The van der Waals surface area contributed by atoms with E-state index < -0.39 is 0 Å². The number of nitrogens with two attached hydrogens (primary N) is 1. The highest BCUT2D eigenvalue weighted by atomic mass is 14.9. The highest BCUT2D eigenvalue weighted by Crippen LogP contribution is 2.31. The Morgan fingerprint density at radius 1 is 1.00 bits per heavy atom. The fraction of sp³-hybridized carbons (Fsp3) is 0.294. The molecule has 2 aromatic rings. The molecule has 0 saturated carbocycles. The summed E-state index contributed by atoms with van der Waals surface area (Å²) in [4.78, 5) is 0. The van der Waals surface area contributed by atoms with Crippen molar-refractivity contribution in [3.05, 3.63) is 53.6 Å². The van der Waals surface area contributed by atoms with Gasteiger partial charge in [0.25, 0.3) is 0 Å². The number of nitrogens with one attached hydrogen (secondary N) is 1. The van der Waals surface area contributed by atoms with E-state index in [9.17, 15) is 0 Å². The van der Waals surface area contributed by atoms with E-state index in [-0.39, 0.29) is 5.41 Å². The van der Waals surface area contributed by atoms with Crippen molar-refractivity contribution in [2.24, 2.45) is 0 Å². The maximum absolute atomic E-state index is 5.90. The third kappa shape index (κ3) is 3.28. The van der Waals surface area contributed by atoms with Crippen molar-refractivity contribution in [1.29, 1.82) is 0 Å². The number of anilines is 3. The number of rotatable bonds is 2. The molecule has 2 aromatic carbocycles. The minimum atomic E-state index is 0.110. The van der Waals surface area contributed by atoms with Gasteiger partial charge in [-0.15, -0.1) is 0 Å². The zero-order valence-corrected chi connectivity index (χ0v) is 12.1. The van der Waals surface area contributed by atoms with Crippen molar-refractivity contribution in [2.45, 2.75) is 33.1 Å². The van der Waals surface area contributed by atoms with Gasteiger partial charge in [0, 0.05) is 17.1 Å². The first-order chi connectivity index (χ1) is 8.86. The lowest BCUT2D eigenvalue weighted by atomic mass is 9.86. The SMILES string of the molecule is Cc1cc(N)cc(Nc2ccccc2C(C)(C)C)c1. The predicted molar refractivity (Wildman–Crippen MR) is 84.0 cm³/mol. The Balaban J connectivity index is 2.38. The van der Waals surface area contributed by atoms with Crippen LogP contribution < -0.4 is 11.1 Å². The Hall–Kier alpha value is -1.96. The van der Waals surface area contributed by atoms with Crippen molar-refractivity contribution in [2.75, 3.05) is 11.1 Å². The quantitative estimate of drug-likeness (QED) is 0.767. The van der Waals surface area contributed by atoms with Crippen LogP contribution in [0.4, 0.5) is 17.1 Å². The molecule has 0 aromatic heterocycles. The monoisotopic (exact) mass is 254 g/mol. The average Bonchev–Trinajstić information content (AvgIpc) is 2.26. The minimum Gasteiger partial charge on any atom is -0.399 e. The van der Waals surface area contributed by atoms with Crippen LogP contribution in [0.5, 0.6) is 0 Å². The molecular formula is C17H22N2. The molecule has 0 aliphatic carbocycles. The predicted octanol–water partition coefficient (Wildman–Crippen LogP) is 4.62. The lowest BCUT2D eigenvalue weighted by molar-refractivity contribution is 0.592. The van der Waals surface area contributed by atoms with Crippen molar-refractivity contribution in [3.63, 3.8) is 0 Å². The van der Waals surface area contributed by atoms with E-state index in [1.165, 1.54) is 5.56 Å². The normalized spacial score (nSPS) is 11.4. The second kappa shape index (κ2) is 4.96. The van der Waals surface area contributed by atoms with Crippen LogP contribution in [0.3, 0.4) is 0 Å². The second-order valence-electron chi connectivity index (χ2n) is 6.05. The number of para-hydroxylation sites is 1. The highest BCUT2D eigenvalue weighted by Gasteiger charge is 2.17. The highest BCUT2D eigenvalue weighted by molar-refractivity contribution is 5.68. The van der Waals surface area contributed by atoms with Crippen molar-refractivity contribution < 1.29 is 0 Å². The number of hydrogen-bond donors (Lipinski definition) is 2. The molecule has 0 saturated heterocycles. The Bertz CT molecular complexity index is 560. The van der Waals surface area contributed by atoms with Crippen LogP contribution in [0.1, 0.15) is 31.9 Å². The van der Waals surface area contributed by atoms with Gasteiger partial charge < -0.3 is 11.1 Å². The largest absolute Gasteiger partial charge is 0.399 e. The summed E-state index contributed by atoms with van der Waals surface area (Å²) in [5, 5.41) is 3.48. The van der Waals surface area contributed by atoms with Crippen LogP contribution in [0.15, 0.2) is 42.5 Å². The molecule has 2 nitrogen and oxygen atoms in total. The topological polar surface area (TPSA) is 38.0 Å². The van der Waals surface area contributed by atoms with Crippen LogP contribution in [0.2, 0.25) is 0 Å². The van der Waals surface area contributed by atoms with Crippen LogP contribution in [-0.2, 0) is 5.41 Å². The fourth-order valence-corrected chi connectivity index (χ4v) is 2.29. The Morgan fingerprint density at radius 3 is 2.32 bits per heavy atom. The van der Waals surface area contributed by atoms with E-state index in [1.807, 2.05) is 12.1 Å². The number of benzene rings is 2. The van der Waals surface area contributed by atoms with Gasteiger partial charge in [0.15, 0.2) is 0 Å². The Labute approximate surface area is 115 Å². The molecule has 0 heterocycles. The molecule has 2 rings (SSSR count). The third-order valence-corrected chi connectivity index (χ3v) is 3.11. The van der Waals surface area contributed by atoms with Gasteiger partial charge in [0.05, 0.1) is 0 Å². The van der Waals surface area contributed by atoms with E-state index in [0.717, 1.165) is 22.6 Å². The van der Waals surface area contributed by atoms with Crippen LogP contribution in [0.25, 0.3) is 0 Å². The van der Waals surface area contributed by atoms with E-state index in [2.05, 4.69) is 63.3 Å². The van der Waals surface area contributed by atoms with E-state index in [0.29, 0.717) is 0 Å². The molecule has 0 aliphatic rings. The van der Waals surface area contributed by atoms with Gasteiger partial charge >= 0.3 is 0 Å². The van der Waals surface area contributed by atoms with Gasteiger partial charge in [-0.1, -0.05) is 39.0 Å². The first-order valence-electron chi connectivity index (χ1n) is 6.60. The summed E-state index contributed by atoms with van der Waals surface area (Å²) in [5.74, 6) is 0. The molecule has 3 N–H and O–H groups in total. The van der Waals surface area contributed by atoms with Gasteiger partial charge in [-0.2, -0.15) is 0 Å². The standard InChI is InChI=1S/C17H22N2/c1-12-9-13(18)11-14(10-12)19-16-8-6-5-7-15(16)17(2,3)4/h5-11,19H,18H2,1-4H3. The van der Waals surface area contributed by atoms with E-state index >= 15 is 0 Å². The van der Waals surface area contributed by atoms with E-state index in [1.54, 1.807) is 0 Å². The first-order valence-corrected chi connectivity index (χ1v) is 6.60. The van der Waals surface area contributed by atoms with Crippen molar-refractivity contribution >= 4 is 17.1 Å². The Kier molecular flexibility index (Phi) is 3.52. The molecule has 0 amide bonds. The lowest BCUT2D eigenvalue weighted by Gasteiger charge is -2.23. The molecule has 0 unspecified atom stereocenters. The summed E-state index contributed by atoms with van der Waals surface area (Å²) in [6.45, 7) is 8.71. The molecule has 0 bridgehead atoms. The molecule has 100 valence electrons. The number of aryl methyl sites for hydroxylation is 1. The molecule has 0 fully saturated rings. The average molecular weight is 254 g/mol. The van der Waals surface area contributed by atoms with Gasteiger partial charge in [-0.05, 0) is 47.7 Å². The van der Waals surface area contributed by atoms with Gasteiger partial charge in [-0.3, -0.25) is 0 Å². The second-order valence-corrected chi connectivity index (χ2v) is 6.05. The molecular weight excluding hydrogens is 232 g/mol. The molecule has 0 atom stereocenters. The zero-order valence-electron chi connectivity index (χ0n) is 12.1. The minimum absolute atomic E-state index is 0.110. The third-order valence-electron chi connectivity index (χ3n) is 3.11. The van der Waals surface area contributed by atoms with Crippen LogP contribution in [-0.4, -0.2) is 0 Å². The number of hydrogen-bond acceptors (Lipinski definition) is 2. The Morgan fingerprint density at radius 2 is 1.68 bits per heavy atom. The molecule has 19 heavy (non-hydrogen) atoms. The summed E-state index contributed by atoms with van der Waals surface area (Å²) in [7, 11) is 0. The maximum Gasteiger partial charge on any atom is 0.0422 e. The van der Waals surface area contributed by atoms with Crippen molar-refractivity contribution in [3.8, 4) is 0 Å². The summed E-state index contributed by atoms with van der Waals surface area (Å²) in [6.07, 6.45) is 0. The molecule has 0 spiro atoms. The molecule has 2 heteroatoms. The summed E-state index contributed by atoms with van der Waals surface area (Å²) < 4.78 is 0. The number of nitrogen functional groups attached to an aromatic ring is 1. The lowest BCUT2D eigenvalue weighted by Crippen LogP contribution is -2.13. The zero-order chi connectivity index (χ0) is 14.0. The van der Waals surface area contributed by atoms with Crippen LogP contribution >= 0.6 is 0 Å². The molecule has 0 aliphatic heterocycles. The first kappa shape index (κ1) is 13.5. The summed E-state index contributed by atoms with van der Waals surface area (Å²) >= 11 is 0. The van der Waals surface area contributed by atoms with Gasteiger partial charge in [0.2, 0.25) is 0 Å². The maximum atomic E-state index is 5.90. The fourth-order valence-electron chi connectivity index (χ4n) is 2.29. The summed E-state index contributed by atoms with van der Waals surface area (Å²) in [5.41, 5.74) is 11.4. The smallest absolute Gasteiger partial charge is 0.0422 e. The van der Waals surface area contributed by atoms with Gasteiger partial charge in [0.1, 0.15) is 0 Å². The summed E-state index contributed by atoms with van der Waals surface area (Å²) in [6, 6.07) is 14.5. The van der Waals surface area contributed by atoms with Gasteiger partial charge in [-0.25, -0.2) is 0 Å². The van der Waals surface area contributed by atoms with Crippen LogP contribution in [0, 0.1) is 6.92 Å².